The average molecular weight is 166 g/mol. The van der Waals surface area contributed by atoms with E-state index in [9.17, 15) is 0 Å². The molecule has 4 nitrogen and oxygen atoms in total. The predicted molar refractivity (Wildman–Crippen MR) is 44.8 cm³/mol. The topological polar surface area (TPSA) is 50.7 Å². The summed E-state index contributed by atoms with van der Waals surface area (Å²) in [6.45, 7) is 0. The Hall–Kier alpha value is -1.23. The Morgan fingerprint density at radius 1 is 1.55 bits per heavy atom. The molecule has 0 bridgehead atoms. The number of anilines is 1. The Kier molecular flexibility index (Phi) is 1.43. The monoisotopic (exact) mass is 166 g/mol. The molecule has 0 aliphatic rings. The fraction of sp³-hybridized carbons (Fsp3) is 0.167. The van der Waals surface area contributed by atoms with Gasteiger partial charge in [-0.3, -0.25) is 0 Å². The molecule has 11 heavy (non-hydrogen) atoms. The van der Waals surface area contributed by atoms with E-state index in [1.807, 2.05) is 13.1 Å². The van der Waals surface area contributed by atoms with Crippen molar-refractivity contribution in [2.24, 2.45) is 0 Å². The molecule has 2 aromatic heterocycles. The highest BCUT2D eigenvalue weighted by molar-refractivity contribution is 7.12. The first kappa shape index (κ1) is 6.48. The van der Waals surface area contributed by atoms with Gasteiger partial charge in [-0.05, 0) is 17.6 Å². The van der Waals surface area contributed by atoms with Crippen molar-refractivity contribution in [3.8, 4) is 0 Å². The van der Waals surface area contributed by atoms with Crippen LogP contribution in [0.25, 0.3) is 10.3 Å². The summed E-state index contributed by atoms with van der Waals surface area (Å²) in [5.74, 6) is 0. The van der Waals surface area contributed by atoms with Gasteiger partial charge in [-0.25, -0.2) is 4.98 Å². The van der Waals surface area contributed by atoms with Gasteiger partial charge in [0.2, 0.25) is 0 Å². The van der Waals surface area contributed by atoms with Crippen molar-refractivity contribution in [2.75, 3.05) is 12.4 Å². The lowest BCUT2D eigenvalue weighted by Crippen LogP contribution is -1.87. The molecule has 0 spiro atoms. The van der Waals surface area contributed by atoms with Crippen LogP contribution in [0.15, 0.2) is 12.3 Å². The Balaban J connectivity index is 2.67. The van der Waals surface area contributed by atoms with Crippen LogP contribution in [0.1, 0.15) is 0 Å². The second-order valence-electron chi connectivity index (χ2n) is 2.07. The lowest BCUT2D eigenvalue weighted by atomic mass is 10.4. The maximum atomic E-state index is 4.09. The van der Waals surface area contributed by atoms with Crippen molar-refractivity contribution < 1.29 is 0 Å². The Labute approximate surface area is 67.4 Å². The lowest BCUT2D eigenvalue weighted by Gasteiger charge is -1.95. The molecule has 0 atom stereocenters. The molecule has 0 aliphatic heterocycles. The van der Waals surface area contributed by atoms with Crippen LogP contribution in [0.4, 0.5) is 5.69 Å². The average Bonchev–Trinajstić information content (AvgIpc) is 2.50. The van der Waals surface area contributed by atoms with Crippen LogP contribution in [-0.2, 0) is 0 Å². The zero-order chi connectivity index (χ0) is 7.68. The molecule has 56 valence electrons. The largest absolute Gasteiger partial charge is 0.387 e. The maximum absolute atomic E-state index is 4.09. The normalized spacial score (nSPS) is 10.3. The third kappa shape index (κ3) is 1.03. The van der Waals surface area contributed by atoms with Gasteiger partial charge in [-0.15, -0.1) is 5.10 Å². The number of nitrogens with one attached hydrogen (secondary N) is 1. The van der Waals surface area contributed by atoms with Crippen molar-refractivity contribution in [2.45, 2.75) is 0 Å². The highest BCUT2D eigenvalue weighted by Crippen LogP contribution is 2.16. The van der Waals surface area contributed by atoms with Crippen LogP contribution in [0.2, 0.25) is 0 Å². The van der Waals surface area contributed by atoms with E-state index in [0.29, 0.717) is 5.65 Å². The van der Waals surface area contributed by atoms with Gasteiger partial charge in [0.05, 0.1) is 16.6 Å². The summed E-state index contributed by atoms with van der Waals surface area (Å²) in [6, 6.07) is 1.98. The van der Waals surface area contributed by atoms with E-state index < -0.39 is 0 Å². The van der Waals surface area contributed by atoms with E-state index in [2.05, 4.69) is 19.9 Å². The zero-order valence-corrected chi connectivity index (χ0v) is 6.72. The Bertz CT molecular complexity index is 369. The number of aromatic nitrogens is 3. The molecular formula is C6H6N4S. The van der Waals surface area contributed by atoms with E-state index in [4.69, 9.17) is 0 Å². The third-order valence-corrected chi connectivity index (χ3v) is 2.06. The summed E-state index contributed by atoms with van der Waals surface area (Å²) >= 11 is 1.35. The molecule has 2 rings (SSSR count). The van der Waals surface area contributed by atoms with Crippen LogP contribution >= 0.6 is 11.5 Å². The first-order valence-electron chi connectivity index (χ1n) is 3.16. The van der Waals surface area contributed by atoms with Gasteiger partial charge in [-0.1, -0.05) is 4.49 Å². The van der Waals surface area contributed by atoms with E-state index in [1.165, 1.54) is 11.5 Å². The molecule has 0 fully saturated rings. The molecule has 0 radical (unpaired) electrons. The molecule has 1 N–H and O–H groups in total. The summed E-state index contributed by atoms with van der Waals surface area (Å²) in [5, 5.41) is 6.82. The Morgan fingerprint density at radius 2 is 2.45 bits per heavy atom. The molecular weight excluding hydrogens is 160 g/mol. The number of hydrogen-bond acceptors (Lipinski definition) is 5. The second-order valence-corrected chi connectivity index (χ2v) is 2.85. The van der Waals surface area contributed by atoms with Crippen molar-refractivity contribution in [1.82, 2.24) is 14.6 Å². The summed E-state index contributed by atoms with van der Waals surface area (Å²) in [6.07, 6.45) is 1.74. The van der Waals surface area contributed by atoms with Crippen LogP contribution in [0.5, 0.6) is 0 Å². The number of hydrogen-bond donors (Lipinski definition) is 1. The van der Waals surface area contributed by atoms with Gasteiger partial charge < -0.3 is 5.32 Å². The standard InChI is InChI=1S/C6H6N4S/c1-7-4-2-5-6(8-3-4)9-10-11-5/h2-3,7H,1H3. The summed E-state index contributed by atoms with van der Waals surface area (Å²) in [5.41, 5.74) is 1.71. The van der Waals surface area contributed by atoms with Crippen molar-refractivity contribution in [3.05, 3.63) is 12.3 Å². The van der Waals surface area contributed by atoms with Crippen molar-refractivity contribution >= 4 is 27.6 Å². The van der Waals surface area contributed by atoms with Gasteiger partial charge in [-0.2, -0.15) is 0 Å². The van der Waals surface area contributed by atoms with Gasteiger partial charge in [0.25, 0.3) is 0 Å². The van der Waals surface area contributed by atoms with E-state index in [-0.39, 0.29) is 0 Å². The maximum Gasteiger partial charge on any atom is 0.194 e. The van der Waals surface area contributed by atoms with E-state index >= 15 is 0 Å². The fourth-order valence-corrected chi connectivity index (χ4v) is 1.38. The molecule has 0 saturated carbocycles. The second kappa shape index (κ2) is 2.43. The van der Waals surface area contributed by atoms with Crippen molar-refractivity contribution in [1.29, 1.82) is 0 Å². The predicted octanol–water partition coefficient (Wildman–Crippen LogP) is 1.13. The summed E-state index contributed by atoms with van der Waals surface area (Å²) < 4.78 is 4.79. The van der Waals surface area contributed by atoms with Gasteiger partial charge in [0.15, 0.2) is 5.65 Å². The quantitative estimate of drug-likeness (QED) is 0.690. The molecule has 0 unspecified atom stereocenters. The van der Waals surface area contributed by atoms with Crippen LogP contribution < -0.4 is 5.32 Å². The molecule has 0 aromatic carbocycles. The summed E-state index contributed by atoms with van der Waals surface area (Å²) in [7, 11) is 1.86. The fourth-order valence-electron chi connectivity index (χ4n) is 0.819. The van der Waals surface area contributed by atoms with Gasteiger partial charge >= 0.3 is 0 Å². The summed E-state index contributed by atoms with van der Waals surface area (Å²) in [4.78, 5) is 4.09. The zero-order valence-electron chi connectivity index (χ0n) is 5.90. The minimum absolute atomic E-state index is 0.717. The number of rotatable bonds is 1. The molecule has 0 amide bonds. The van der Waals surface area contributed by atoms with Crippen LogP contribution in [0, 0.1) is 0 Å². The lowest BCUT2D eigenvalue weighted by molar-refractivity contribution is 1.16. The number of pyridine rings is 1. The SMILES string of the molecule is CNc1cnc2nnsc2c1. The third-order valence-electron chi connectivity index (χ3n) is 1.40. The Morgan fingerprint density at radius 3 is 3.27 bits per heavy atom. The number of nitrogens with zero attached hydrogens (tertiary/aromatic N) is 3. The first-order valence-corrected chi connectivity index (χ1v) is 3.93. The molecule has 2 heterocycles. The van der Waals surface area contributed by atoms with Gasteiger partial charge in [0, 0.05) is 7.05 Å². The van der Waals surface area contributed by atoms with Crippen LogP contribution in [-0.4, -0.2) is 21.6 Å². The first-order chi connectivity index (χ1) is 5.40. The minimum Gasteiger partial charge on any atom is -0.387 e. The number of fused-ring (bicyclic) bond motifs is 1. The molecule has 0 saturated heterocycles. The molecule has 5 heteroatoms. The van der Waals surface area contributed by atoms with E-state index in [0.717, 1.165) is 10.4 Å². The molecule has 0 aliphatic carbocycles. The highest BCUT2D eigenvalue weighted by Gasteiger charge is 1.98. The highest BCUT2D eigenvalue weighted by atomic mass is 32.1. The van der Waals surface area contributed by atoms with E-state index in [1.54, 1.807) is 6.20 Å². The van der Waals surface area contributed by atoms with Gasteiger partial charge in [0.1, 0.15) is 0 Å². The van der Waals surface area contributed by atoms with Crippen molar-refractivity contribution in [3.63, 3.8) is 0 Å². The van der Waals surface area contributed by atoms with Crippen LogP contribution in [0.3, 0.4) is 0 Å². The smallest absolute Gasteiger partial charge is 0.194 e. The minimum atomic E-state index is 0.717. The molecule has 2 aromatic rings.